The summed E-state index contributed by atoms with van der Waals surface area (Å²) < 4.78 is 0. The Bertz CT molecular complexity index is 447. The van der Waals surface area contributed by atoms with Crippen molar-refractivity contribution in [3.8, 4) is 0 Å². The molecule has 0 bridgehead atoms. The van der Waals surface area contributed by atoms with Gasteiger partial charge >= 0.3 is 5.97 Å². The molecular weight excluding hydrogens is 306 g/mol. The molecule has 24 heavy (non-hydrogen) atoms. The number of carboxylic acids is 1. The van der Waals surface area contributed by atoms with E-state index in [1.807, 2.05) is 4.90 Å². The highest BCUT2D eigenvalue weighted by atomic mass is 16.4. The smallest absolute Gasteiger partial charge is 0.303 e. The van der Waals surface area contributed by atoms with Gasteiger partial charge in [-0.1, -0.05) is 6.42 Å². The molecule has 1 amide bonds. The topological polar surface area (TPSA) is 72.9 Å². The monoisotopic (exact) mass is 337 g/mol. The molecule has 0 spiro atoms. The maximum atomic E-state index is 12.6. The van der Waals surface area contributed by atoms with E-state index in [0.717, 1.165) is 71.5 Å². The Morgan fingerprint density at radius 2 is 1.79 bits per heavy atom. The van der Waals surface area contributed by atoms with Gasteiger partial charge in [-0.25, -0.2) is 0 Å². The summed E-state index contributed by atoms with van der Waals surface area (Å²) in [7, 11) is 0. The van der Waals surface area contributed by atoms with Crippen LogP contribution >= 0.6 is 0 Å². The largest absolute Gasteiger partial charge is 0.481 e. The van der Waals surface area contributed by atoms with Gasteiger partial charge in [-0.15, -0.1) is 0 Å². The number of hydrogen-bond donors (Lipinski definition) is 2. The van der Waals surface area contributed by atoms with Gasteiger partial charge in [-0.2, -0.15) is 0 Å². The Morgan fingerprint density at radius 1 is 1.04 bits per heavy atom. The second kappa shape index (κ2) is 8.30. The summed E-state index contributed by atoms with van der Waals surface area (Å²) in [6.07, 6.45) is 5.36. The average Bonchev–Trinajstić information content (AvgIpc) is 2.52. The lowest BCUT2D eigenvalue weighted by atomic mass is 9.79. The SMILES string of the molecule is O=C(O)C[C@@H]1CCN(C(=O)C2CCC2)C[C@@H]1CCN1CCNCC1. The zero-order valence-electron chi connectivity index (χ0n) is 14.6. The number of aliphatic carboxylic acids is 1. The third-order valence-corrected chi connectivity index (χ3v) is 6.12. The lowest BCUT2D eigenvalue weighted by molar-refractivity contribution is -0.142. The molecule has 2 heterocycles. The number of piperazine rings is 1. The Morgan fingerprint density at radius 3 is 2.42 bits per heavy atom. The van der Waals surface area contributed by atoms with Gasteiger partial charge in [0.1, 0.15) is 0 Å². The fourth-order valence-electron chi connectivity index (χ4n) is 4.30. The number of nitrogens with zero attached hydrogens (tertiary/aromatic N) is 2. The molecule has 2 atom stereocenters. The molecule has 3 rings (SSSR count). The summed E-state index contributed by atoms with van der Waals surface area (Å²) in [5, 5.41) is 12.6. The van der Waals surface area contributed by atoms with Crippen molar-refractivity contribution in [2.45, 2.75) is 38.5 Å². The van der Waals surface area contributed by atoms with Crippen molar-refractivity contribution in [3.05, 3.63) is 0 Å². The van der Waals surface area contributed by atoms with Gasteiger partial charge in [-0.3, -0.25) is 9.59 Å². The minimum absolute atomic E-state index is 0.218. The summed E-state index contributed by atoms with van der Waals surface area (Å²) in [5.41, 5.74) is 0. The van der Waals surface area contributed by atoms with E-state index in [1.165, 1.54) is 6.42 Å². The molecule has 6 heteroatoms. The number of carbonyl (C=O) groups excluding carboxylic acids is 1. The molecule has 1 aliphatic carbocycles. The van der Waals surface area contributed by atoms with Crippen LogP contribution in [0.25, 0.3) is 0 Å². The third-order valence-electron chi connectivity index (χ3n) is 6.12. The van der Waals surface area contributed by atoms with Crippen LogP contribution in [0, 0.1) is 17.8 Å². The summed E-state index contributed by atoms with van der Waals surface area (Å²) in [6, 6.07) is 0. The van der Waals surface area contributed by atoms with Crippen molar-refractivity contribution in [2.24, 2.45) is 17.8 Å². The van der Waals surface area contributed by atoms with Crippen LogP contribution < -0.4 is 5.32 Å². The van der Waals surface area contributed by atoms with Crippen LogP contribution in [-0.4, -0.2) is 72.6 Å². The zero-order valence-corrected chi connectivity index (χ0v) is 14.6. The Hall–Kier alpha value is -1.14. The van der Waals surface area contributed by atoms with Crippen molar-refractivity contribution < 1.29 is 14.7 Å². The Labute approximate surface area is 144 Å². The molecule has 6 nitrogen and oxygen atoms in total. The van der Waals surface area contributed by atoms with E-state index >= 15 is 0 Å². The Kier molecular flexibility index (Phi) is 6.11. The van der Waals surface area contributed by atoms with Crippen molar-refractivity contribution in [1.82, 2.24) is 15.1 Å². The van der Waals surface area contributed by atoms with Crippen LogP contribution in [0.3, 0.4) is 0 Å². The maximum Gasteiger partial charge on any atom is 0.303 e. The van der Waals surface area contributed by atoms with Crippen molar-refractivity contribution >= 4 is 11.9 Å². The minimum Gasteiger partial charge on any atom is -0.481 e. The first kappa shape index (κ1) is 17.7. The highest BCUT2D eigenvalue weighted by Crippen LogP contribution is 2.33. The molecule has 2 N–H and O–H groups in total. The number of hydrogen-bond acceptors (Lipinski definition) is 4. The standard InChI is InChI=1S/C18H31N3O3/c22-17(23)12-15-5-9-21(18(24)14-2-1-3-14)13-16(15)4-8-20-10-6-19-7-11-20/h14-16,19H,1-13H2,(H,22,23)/t15-,16-/m0/s1. The molecule has 2 saturated heterocycles. The van der Waals surface area contributed by atoms with E-state index in [-0.39, 0.29) is 18.3 Å². The normalized spacial score (nSPS) is 29.2. The van der Waals surface area contributed by atoms with Gasteiger partial charge < -0.3 is 20.2 Å². The molecule has 0 aromatic rings. The van der Waals surface area contributed by atoms with Gasteiger partial charge in [0.25, 0.3) is 0 Å². The summed E-state index contributed by atoms with van der Waals surface area (Å²) in [6.45, 7) is 6.75. The van der Waals surface area contributed by atoms with Crippen LogP contribution in [0.1, 0.15) is 38.5 Å². The molecule has 0 unspecified atom stereocenters. The Balaban J connectivity index is 1.55. The number of carboxylic acid groups (broad SMARTS) is 1. The van der Waals surface area contributed by atoms with Crippen LogP contribution in [0.15, 0.2) is 0 Å². The number of carbonyl (C=O) groups is 2. The van der Waals surface area contributed by atoms with Crippen LogP contribution in [0.5, 0.6) is 0 Å². The lowest BCUT2D eigenvalue weighted by Gasteiger charge is -2.41. The van der Waals surface area contributed by atoms with E-state index < -0.39 is 5.97 Å². The van der Waals surface area contributed by atoms with E-state index in [2.05, 4.69) is 10.2 Å². The molecule has 136 valence electrons. The van der Waals surface area contributed by atoms with Crippen LogP contribution in [0.4, 0.5) is 0 Å². The van der Waals surface area contributed by atoms with Gasteiger partial charge in [0.05, 0.1) is 0 Å². The number of nitrogens with one attached hydrogen (secondary N) is 1. The molecule has 3 fully saturated rings. The van der Waals surface area contributed by atoms with E-state index in [4.69, 9.17) is 0 Å². The highest BCUT2D eigenvalue weighted by Gasteiger charge is 2.36. The second-order valence-electron chi connectivity index (χ2n) is 7.70. The van der Waals surface area contributed by atoms with Gasteiger partial charge in [0, 0.05) is 51.6 Å². The van der Waals surface area contributed by atoms with Crippen LogP contribution in [0.2, 0.25) is 0 Å². The van der Waals surface area contributed by atoms with Crippen molar-refractivity contribution in [2.75, 3.05) is 45.8 Å². The van der Waals surface area contributed by atoms with E-state index in [0.29, 0.717) is 11.8 Å². The third kappa shape index (κ3) is 4.48. The first-order valence-corrected chi connectivity index (χ1v) is 9.57. The van der Waals surface area contributed by atoms with Crippen molar-refractivity contribution in [3.63, 3.8) is 0 Å². The van der Waals surface area contributed by atoms with E-state index in [9.17, 15) is 14.7 Å². The summed E-state index contributed by atoms with van der Waals surface area (Å²) in [4.78, 5) is 28.2. The van der Waals surface area contributed by atoms with E-state index in [1.54, 1.807) is 0 Å². The predicted molar refractivity (Wildman–Crippen MR) is 91.7 cm³/mol. The highest BCUT2D eigenvalue weighted by molar-refractivity contribution is 5.79. The average molecular weight is 337 g/mol. The maximum absolute atomic E-state index is 12.6. The number of rotatable bonds is 6. The first-order chi connectivity index (χ1) is 11.6. The fourth-order valence-corrected chi connectivity index (χ4v) is 4.30. The first-order valence-electron chi connectivity index (χ1n) is 9.57. The van der Waals surface area contributed by atoms with Gasteiger partial charge in [0.15, 0.2) is 0 Å². The number of likely N-dealkylation sites (tertiary alicyclic amines) is 1. The van der Waals surface area contributed by atoms with Crippen molar-refractivity contribution in [1.29, 1.82) is 0 Å². The quantitative estimate of drug-likeness (QED) is 0.757. The molecule has 0 radical (unpaired) electrons. The van der Waals surface area contributed by atoms with Gasteiger partial charge in [-0.05, 0) is 44.1 Å². The minimum atomic E-state index is -0.703. The summed E-state index contributed by atoms with van der Waals surface area (Å²) in [5.74, 6) is 0.410. The lowest BCUT2D eigenvalue weighted by Crippen LogP contribution is -2.49. The molecule has 1 saturated carbocycles. The molecule has 3 aliphatic rings. The molecule has 2 aliphatic heterocycles. The predicted octanol–water partition coefficient (Wildman–Crippen LogP) is 1.02. The van der Waals surface area contributed by atoms with Crippen LogP contribution in [-0.2, 0) is 9.59 Å². The fraction of sp³-hybridized carbons (Fsp3) is 0.889. The second-order valence-corrected chi connectivity index (χ2v) is 7.70. The van der Waals surface area contributed by atoms with Gasteiger partial charge in [0.2, 0.25) is 5.91 Å². The number of amides is 1. The summed E-state index contributed by atoms with van der Waals surface area (Å²) >= 11 is 0. The zero-order chi connectivity index (χ0) is 16.9. The molecule has 0 aromatic heterocycles. The number of piperidine rings is 1. The molecular formula is C18H31N3O3. The molecule has 0 aromatic carbocycles.